The number of imidazole rings is 1. The molecule has 4 nitrogen and oxygen atoms in total. The van der Waals surface area contributed by atoms with Gasteiger partial charge in [-0.05, 0) is 31.5 Å². The van der Waals surface area contributed by atoms with E-state index in [1.165, 1.54) is 0 Å². The van der Waals surface area contributed by atoms with Crippen LogP contribution in [0.25, 0.3) is 11.0 Å². The van der Waals surface area contributed by atoms with Crippen molar-refractivity contribution in [2.45, 2.75) is 19.1 Å². The molecule has 1 N–H and O–H groups in total. The lowest BCUT2D eigenvalue weighted by Gasteiger charge is -2.07. The van der Waals surface area contributed by atoms with Gasteiger partial charge >= 0.3 is 0 Å². The van der Waals surface area contributed by atoms with E-state index in [2.05, 4.69) is 9.97 Å². The third-order valence-corrected chi connectivity index (χ3v) is 4.43. The smallest absolute Gasteiger partial charge is 0.239 e. The van der Waals surface area contributed by atoms with Crippen molar-refractivity contribution in [3.8, 4) is 0 Å². The Bertz CT molecular complexity index is 633. The van der Waals surface area contributed by atoms with E-state index in [1.54, 1.807) is 25.1 Å². The second-order valence-electron chi connectivity index (χ2n) is 3.72. The molecule has 0 saturated heterocycles. The summed E-state index contributed by atoms with van der Waals surface area (Å²) in [5, 5.41) is -0.720. The first kappa shape index (κ1) is 11.4. The lowest BCUT2D eigenvalue weighted by atomic mass is 10.1. The predicted molar refractivity (Wildman–Crippen MR) is 64.0 cm³/mol. The van der Waals surface area contributed by atoms with Crippen LogP contribution in [-0.2, 0) is 9.05 Å². The van der Waals surface area contributed by atoms with Crippen molar-refractivity contribution in [1.82, 2.24) is 9.97 Å². The number of aromatic amines is 1. The predicted octanol–water partition coefficient (Wildman–Crippen LogP) is 2.50. The van der Waals surface area contributed by atoms with Gasteiger partial charge in [-0.3, -0.25) is 0 Å². The molecule has 1 heterocycles. The third kappa shape index (κ3) is 2.05. The molecule has 6 heteroatoms. The average molecular weight is 259 g/mol. The maximum atomic E-state index is 11.2. The van der Waals surface area contributed by atoms with Crippen LogP contribution in [0.2, 0.25) is 0 Å². The molecule has 0 saturated carbocycles. The van der Waals surface area contributed by atoms with E-state index in [9.17, 15) is 8.42 Å². The highest BCUT2D eigenvalue weighted by Gasteiger charge is 2.20. The van der Waals surface area contributed by atoms with Crippen molar-refractivity contribution in [2.24, 2.45) is 0 Å². The molecule has 0 bridgehead atoms. The fourth-order valence-corrected chi connectivity index (χ4v) is 2.35. The van der Waals surface area contributed by atoms with Crippen LogP contribution in [0.1, 0.15) is 23.6 Å². The normalized spacial score (nSPS) is 14.2. The summed E-state index contributed by atoms with van der Waals surface area (Å²) in [5.74, 6) is 0.800. The number of fused-ring (bicyclic) bond motifs is 1. The number of hydrogen-bond acceptors (Lipinski definition) is 3. The van der Waals surface area contributed by atoms with Gasteiger partial charge in [0.2, 0.25) is 9.05 Å². The average Bonchev–Trinajstić information content (AvgIpc) is 2.54. The van der Waals surface area contributed by atoms with Crippen molar-refractivity contribution < 1.29 is 8.42 Å². The maximum Gasteiger partial charge on any atom is 0.239 e. The van der Waals surface area contributed by atoms with Gasteiger partial charge in [-0.15, -0.1) is 0 Å². The molecule has 2 aromatic rings. The molecule has 0 aliphatic heterocycles. The Kier molecular flexibility index (Phi) is 2.67. The van der Waals surface area contributed by atoms with Gasteiger partial charge in [0, 0.05) is 10.7 Å². The van der Waals surface area contributed by atoms with Gasteiger partial charge in [-0.25, -0.2) is 13.4 Å². The molecule has 16 heavy (non-hydrogen) atoms. The lowest BCUT2D eigenvalue weighted by molar-refractivity contribution is 0.600. The molecular weight excluding hydrogens is 248 g/mol. The standard InChI is InChI=1S/C10H11ClN2O2S/c1-6(16(11,14)15)8-3-4-9-10(5-8)13-7(2)12-9/h3-6H,1-2H3,(H,12,13). The minimum absolute atomic E-state index is 0.658. The van der Waals surface area contributed by atoms with Crippen LogP contribution >= 0.6 is 10.7 Å². The van der Waals surface area contributed by atoms with E-state index in [1.807, 2.05) is 6.92 Å². The molecule has 0 aliphatic carbocycles. The molecule has 1 aromatic carbocycles. The molecule has 1 atom stereocenters. The zero-order chi connectivity index (χ0) is 11.9. The van der Waals surface area contributed by atoms with E-state index >= 15 is 0 Å². The largest absolute Gasteiger partial charge is 0.342 e. The number of hydrogen-bond donors (Lipinski definition) is 1. The summed E-state index contributed by atoms with van der Waals surface area (Å²) in [5.41, 5.74) is 2.30. The molecule has 1 aromatic heterocycles. The summed E-state index contributed by atoms with van der Waals surface area (Å²) in [6.45, 7) is 3.41. The number of H-pyrrole nitrogens is 1. The Morgan fingerprint density at radius 1 is 1.44 bits per heavy atom. The third-order valence-electron chi connectivity index (χ3n) is 2.52. The molecule has 2 rings (SSSR count). The highest BCUT2D eigenvalue weighted by Crippen LogP contribution is 2.27. The molecule has 1 unspecified atom stereocenters. The van der Waals surface area contributed by atoms with Crippen molar-refractivity contribution >= 4 is 30.8 Å². The Morgan fingerprint density at radius 2 is 2.12 bits per heavy atom. The Hall–Kier alpha value is -1.07. The zero-order valence-electron chi connectivity index (χ0n) is 8.86. The summed E-state index contributed by atoms with van der Waals surface area (Å²) >= 11 is 0. The van der Waals surface area contributed by atoms with Crippen molar-refractivity contribution in [3.63, 3.8) is 0 Å². The van der Waals surface area contributed by atoms with E-state index in [0.29, 0.717) is 5.56 Å². The van der Waals surface area contributed by atoms with Gasteiger partial charge in [0.05, 0.1) is 16.3 Å². The van der Waals surface area contributed by atoms with Gasteiger partial charge in [-0.1, -0.05) is 6.07 Å². The van der Waals surface area contributed by atoms with E-state index in [-0.39, 0.29) is 0 Å². The maximum absolute atomic E-state index is 11.2. The monoisotopic (exact) mass is 258 g/mol. The van der Waals surface area contributed by atoms with Crippen LogP contribution < -0.4 is 0 Å². The highest BCUT2D eigenvalue weighted by molar-refractivity contribution is 8.13. The molecule has 0 amide bonds. The molecular formula is C10H11ClN2O2S. The van der Waals surface area contributed by atoms with Gasteiger partial charge in [0.15, 0.2) is 0 Å². The van der Waals surface area contributed by atoms with Crippen molar-refractivity contribution in [3.05, 3.63) is 29.6 Å². The zero-order valence-corrected chi connectivity index (χ0v) is 10.4. The second-order valence-corrected chi connectivity index (χ2v) is 6.67. The van der Waals surface area contributed by atoms with Gasteiger partial charge in [0.1, 0.15) is 5.82 Å². The number of rotatable bonds is 2. The molecule has 0 radical (unpaired) electrons. The number of nitrogens with zero attached hydrogens (tertiary/aromatic N) is 1. The fraction of sp³-hybridized carbons (Fsp3) is 0.300. The first-order chi connectivity index (χ1) is 7.38. The SMILES string of the molecule is Cc1nc2ccc(C(C)S(=O)(=O)Cl)cc2[nH]1. The number of halogens is 1. The van der Waals surface area contributed by atoms with Crippen molar-refractivity contribution in [1.29, 1.82) is 0 Å². The summed E-state index contributed by atoms with van der Waals surface area (Å²) in [4.78, 5) is 7.29. The first-order valence-electron chi connectivity index (χ1n) is 4.77. The van der Waals surface area contributed by atoms with Crippen LogP contribution in [0.3, 0.4) is 0 Å². The Labute approximate surface area is 98.1 Å². The Morgan fingerprint density at radius 3 is 2.75 bits per heavy atom. The fourth-order valence-electron chi connectivity index (χ4n) is 1.57. The van der Waals surface area contributed by atoms with Gasteiger partial charge in [-0.2, -0.15) is 0 Å². The number of nitrogens with one attached hydrogen (secondary N) is 1. The summed E-state index contributed by atoms with van der Waals surface area (Å²) in [6, 6.07) is 5.28. The van der Waals surface area contributed by atoms with Crippen LogP contribution in [-0.4, -0.2) is 18.4 Å². The summed E-state index contributed by atoms with van der Waals surface area (Å²) < 4.78 is 22.4. The quantitative estimate of drug-likeness (QED) is 0.842. The molecule has 0 spiro atoms. The summed E-state index contributed by atoms with van der Waals surface area (Å²) in [6.07, 6.45) is 0. The summed E-state index contributed by atoms with van der Waals surface area (Å²) in [7, 11) is 1.74. The second kappa shape index (κ2) is 3.75. The number of aromatic nitrogens is 2. The first-order valence-corrected chi connectivity index (χ1v) is 7.15. The minimum Gasteiger partial charge on any atom is -0.342 e. The van der Waals surface area contributed by atoms with Crippen LogP contribution in [0, 0.1) is 6.92 Å². The molecule has 0 fully saturated rings. The highest BCUT2D eigenvalue weighted by atomic mass is 35.7. The van der Waals surface area contributed by atoms with Crippen LogP contribution in [0.5, 0.6) is 0 Å². The van der Waals surface area contributed by atoms with E-state index in [0.717, 1.165) is 16.9 Å². The van der Waals surface area contributed by atoms with E-state index in [4.69, 9.17) is 10.7 Å². The molecule has 86 valence electrons. The molecule has 0 aliphatic rings. The van der Waals surface area contributed by atoms with E-state index < -0.39 is 14.3 Å². The van der Waals surface area contributed by atoms with Crippen LogP contribution in [0.15, 0.2) is 18.2 Å². The topological polar surface area (TPSA) is 62.8 Å². The Balaban J connectivity index is 2.54. The van der Waals surface area contributed by atoms with Gasteiger partial charge in [0.25, 0.3) is 0 Å². The lowest BCUT2D eigenvalue weighted by Crippen LogP contribution is -2.02. The number of aryl methyl sites for hydroxylation is 1. The van der Waals surface area contributed by atoms with Crippen LogP contribution in [0.4, 0.5) is 0 Å². The van der Waals surface area contributed by atoms with Crippen molar-refractivity contribution in [2.75, 3.05) is 0 Å². The minimum atomic E-state index is -3.58. The van der Waals surface area contributed by atoms with Gasteiger partial charge < -0.3 is 4.98 Å². The number of benzene rings is 1.